The van der Waals surface area contributed by atoms with Gasteiger partial charge in [0.2, 0.25) is 0 Å². The summed E-state index contributed by atoms with van der Waals surface area (Å²) in [6.45, 7) is 8.93. The molecule has 3 heterocycles. The van der Waals surface area contributed by atoms with Crippen LogP contribution in [0.1, 0.15) is 12.8 Å². The molecule has 0 aromatic heterocycles. The summed E-state index contributed by atoms with van der Waals surface area (Å²) in [5.74, 6) is 0. The molecule has 110 valence electrons. The van der Waals surface area contributed by atoms with Crippen LogP contribution in [0.2, 0.25) is 0 Å². The summed E-state index contributed by atoms with van der Waals surface area (Å²) in [6, 6.07) is 0.655. The fourth-order valence-electron chi connectivity index (χ4n) is 3.45. The van der Waals surface area contributed by atoms with Gasteiger partial charge in [-0.3, -0.25) is 9.80 Å². The van der Waals surface area contributed by atoms with E-state index in [0.29, 0.717) is 6.04 Å². The SMILES string of the molecule is OCC1(CN2CCCC2CN2CCOCC2)COC1. The third-order valence-electron chi connectivity index (χ3n) is 4.76. The molecule has 0 aliphatic carbocycles. The van der Waals surface area contributed by atoms with Crippen molar-refractivity contribution in [2.45, 2.75) is 18.9 Å². The van der Waals surface area contributed by atoms with Gasteiger partial charge in [0.05, 0.1) is 38.4 Å². The number of hydrogen-bond donors (Lipinski definition) is 1. The number of morpholine rings is 1. The minimum absolute atomic E-state index is 0.0214. The summed E-state index contributed by atoms with van der Waals surface area (Å²) in [6.07, 6.45) is 2.58. The maximum atomic E-state index is 9.57. The van der Waals surface area contributed by atoms with Crippen molar-refractivity contribution in [1.29, 1.82) is 0 Å². The summed E-state index contributed by atoms with van der Waals surface area (Å²) in [5, 5.41) is 9.57. The predicted molar refractivity (Wildman–Crippen MR) is 72.2 cm³/mol. The lowest BCUT2D eigenvalue weighted by Gasteiger charge is -2.44. The average molecular weight is 270 g/mol. The van der Waals surface area contributed by atoms with Crippen molar-refractivity contribution in [1.82, 2.24) is 9.80 Å². The molecule has 1 unspecified atom stereocenters. The Morgan fingerprint density at radius 3 is 2.53 bits per heavy atom. The molecule has 5 nitrogen and oxygen atoms in total. The van der Waals surface area contributed by atoms with E-state index < -0.39 is 0 Å². The minimum atomic E-state index is 0.0214. The van der Waals surface area contributed by atoms with E-state index in [4.69, 9.17) is 9.47 Å². The zero-order chi connectivity index (χ0) is 13.1. The predicted octanol–water partition coefficient (Wildman–Crippen LogP) is -0.208. The Hall–Kier alpha value is -0.200. The first kappa shape index (κ1) is 13.8. The lowest BCUT2D eigenvalue weighted by atomic mass is 9.86. The van der Waals surface area contributed by atoms with Crippen LogP contribution in [0.4, 0.5) is 0 Å². The molecular formula is C14H26N2O3. The van der Waals surface area contributed by atoms with Crippen LogP contribution in [0.15, 0.2) is 0 Å². The Bertz CT molecular complexity index is 285. The smallest absolute Gasteiger partial charge is 0.0594 e. The largest absolute Gasteiger partial charge is 0.396 e. The number of hydrogen-bond acceptors (Lipinski definition) is 5. The lowest BCUT2D eigenvalue weighted by Crippen LogP contribution is -2.55. The number of aliphatic hydroxyl groups is 1. The molecule has 1 atom stereocenters. The number of rotatable bonds is 5. The number of aliphatic hydroxyl groups excluding tert-OH is 1. The van der Waals surface area contributed by atoms with Gasteiger partial charge in [0.15, 0.2) is 0 Å². The van der Waals surface area contributed by atoms with Gasteiger partial charge < -0.3 is 14.6 Å². The van der Waals surface area contributed by atoms with Gasteiger partial charge in [-0.1, -0.05) is 0 Å². The van der Waals surface area contributed by atoms with Crippen LogP contribution in [-0.2, 0) is 9.47 Å². The van der Waals surface area contributed by atoms with Crippen LogP contribution in [0, 0.1) is 5.41 Å². The molecule has 0 aromatic carbocycles. The maximum Gasteiger partial charge on any atom is 0.0594 e. The molecule has 0 radical (unpaired) electrons. The van der Waals surface area contributed by atoms with E-state index in [1.165, 1.54) is 19.4 Å². The summed E-state index contributed by atoms with van der Waals surface area (Å²) >= 11 is 0. The fourth-order valence-corrected chi connectivity index (χ4v) is 3.45. The molecule has 3 aliphatic rings. The van der Waals surface area contributed by atoms with Crippen molar-refractivity contribution in [2.24, 2.45) is 5.41 Å². The third kappa shape index (κ3) is 3.11. The van der Waals surface area contributed by atoms with Crippen LogP contribution >= 0.6 is 0 Å². The fraction of sp³-hybridized carbons (Fsp3) is 1.00. The van der Waals surface area contributed by atoms with Crippen molar-refractivity contribution >= 4 is 0 Å². The van der Waals surface area contributed by atoms with E-state index in [0.717, 1.165) is 52.6 Å². The molecule has 19 heavy (non-hydrogen) atoms. The van der Waals surface area contributed by atoms with Crippen molar-refractivity contribution in [3.05, 3.63) is 0 Å². The molecule has 0 bridgehead atoms. The van der Waals surface area contributed by atoms with Crippen LogP contribution in [0.25, 0.3) is 0 Å². The molecule has 0 saturated carbocycles. The Labute approximate surface area is 115 Å². The standard InChI is InChI=1S/C14H26N2O3/c17-10-14(11-19-12-14)9-16-3-1-2-13(16)8-15-4-6-18-7-5-15/h13,17H,1-12H2. The van der Waals surface area contributed by atoms with Crippen molar-refractivity contribution in [3.8, 4) is 0 Å². The van der Waals surface area contributed by atoms with Gasteiger partial charge in [0.1, 0.15) is 0 Å². The van der Waals surface area contributed by atoms with E-state index in [-0.39, 0.29) is 12.0 Å². The molecule has 3 saturated heterocycles. The van der Waals surface area contributed by atoms with Crippen molar-refractivity contribution < 1.29 is 14.6 Å². The Morgan fingerprint density at radius 2 is 1.89 bits per heavy atom. The van der Waals surface area contributed by atoms with Crippen LogP contribution in [0.5, 0.6) is 0 Å². The zero-order valence-electron chi connectivity index (χ0n) is 11.7. The topological polar surface area (TPSA) is 45.2 Å². The number of likely N-dealkylation sites (tertiary alicyclic amines) is 1. The summed E-state index contributed by atoms with van der Waals surface area (Å²) in [5.41, 5.74) is 0.0214. The van der Waals surface area contributed by atoms with Gasteiger partial charge >= 0.3 is 0 Å². The Balaban J connectivity index is 1.52. The zero-order valence-corrected chi connectivity index (χ0v) is 11.7. The molecule has 5 heteroatoms. The first-order chi connectivity index (χ1) is 9.31. The molecular weight excluding hydrogens is 244 g/mol. The van der Waals surface area contributed by atoms with Gasteiger partial charge in [-0.05, 0) is 19.4 Å². The van der Waals surface area contributed by atoms with Gasteiger partial charge in [-0.2, -0.15) is 0 Å². The first-order valence-corrected chi connectivity index (χ1v) is 7.54. The quantitative estimate of drug-likeness (QED) is 0.749. The molecule has 0 amide bonds. The lowest BCUT2D eigenvalue weighted by molar-refractivity contribution is -0.150. The second kappa shape index (κ2) is 6.06. The highest BCUT2D eigenvalue weighted by atomic mass is 16.5. The molecule has 0 spiro atoms. The summed E-state index contributed by atoms with van der Waals surface area (Å²) in [7, 11) is 0. The monoisotopic (exact) mass is 270 g/mol. The Morgan fingerprint density at radius 1 is 1.11 bits per heavy atom. The average Bonchev–Trinajstić information content (AvgIpc) is 2.82. The van der Waals surface area contributed by atoms with Gasteiger partial charge in [-0.25, -0.2) is 0 Å². The molecule has 0 aromatic rings. The number of nitrogens with zero attached hydrogens (tertiary/aromatic N) is 2. The van der Waals surface area contributed by atoms with Crippen molar-refractivity contribution in [2.75, 3.05) is 65.8 Å². The Kier molecular flexibility index (Phi) is 4.39. The highest BCUT2D eigenvalue weighted by Crippen LogP contribution is 2.31. The van der Waals surface area contributed by atoms with Crippen LogP contribution in [-0.4, -0.2) is 86.7 Å². The second-order valence-electron chi connectivity index (χ2n) is 6.33. The van der Waals surface area contributed by atoms with Crippen LogP contribution < -0.4 is 0 Å². The third-order valence-corrected chi connectivity index (χ3v) is 4.76. The number of ether oxygens (including phenoxy) is 2. The van der Waals surface area contributed by atoms with E-state index in [1.54, 1.807) is 0 Å². The highest BCUT2D eigenvalue weighted by molar-refractivity contribution is 4.92. The van der Waals surface area contributed by atoms with Crippen molar-refractivity contribution in [3.63, 3.8) is 0 Å². The van der Waals surface area contributed by atoms with E-state index in [1.807, 2.05) is 0 Å². The van der Waals surface area contributed by atoms with Gasteiger partial charge in [0.25, 0.3) is 0 Å². The highest BCUT2D eigenvalue weighted by Gasteiger charge is 2.42. The van der Waals surface area contributed by atoms with E-state index in [9.17, 15) is 5.11 Å². The molecule has 3 aliphatic heterocycles. The van der Waals surface area contributed by atoms with Crippen LogP contribution in [0.3, 0.4) is 0 Å². The summed E-state index contributed by atoms with van der Waals surface area (Å²) < 4.78 is 10.7. The minimum Gasteiger partial charge on any atom is -0.396 e. The first-order valence-electron chi connectivity index (χ1n) is 7.54. The van der Waals surface area contributed by atoms with E-state index in [2.05, 4.69) is 9.80 Å². The molecule has 1 N–H and O–H groups in total. The van der Waals surface area contributed by atoms with Gasteiger partial charge in [-0.15, -0.1) is 0 Å². The second-order valence-corrected chi connectivity index (χ2v) is 6.33. The van der Waals surface area contributed by atoms with E-state index >= 15 is 0 Å². The van der Waals surface area contributed by atoms with Gasteiger partial charge in [0, 0.05) is 32.2 Å². The summed E-state index contributed by atoms with van der Waals surface area (Å²) in [4.78, 5) is 5.10. The normalized spacial score (nSPS) is 32.4. The molecule has 3 fully saturated rings. The maximum absolute atomic E-state index is 9.57. The molecule has 3 rings (SSSR count).